The van der Waals surface area contributed by atoms with E-state index in [2.05, 4.69) is 20.2 Å². The lowest BCUT2D eigenvalue weighted by Crippen LogP contribution is -2.19. The van der Waals surface area contributed by atoms with Crippen molar-refractivity contribution in [3.63, 3.8) is 0 Å². The molecule has 0 radical (unpaired) electrons. The maximum atomic E-state index is 12.2. The summed E-state index contributed by atoms with van der Waals surface area (Å²) in [5, 5.41) is 11.4. The SMILES string of the molecule is O=S(=O)(Nc1ccc(NC2CCCCCC2)nn1)c1ccc(Cl)s1. The smallest absolute Gasteiger partial charge is 0.272 e. The summed E-state index contributed by atoms with van der Waals surface area (Å²) in [6.07, 6.45) is 7.30. The molecule has 2 heterocycles. The second kappa shape index (κ2) is 7.67. The van der Waals surface area contributed by atoms with Crippen molar-refractivity contribution < 1.29 is 8.42 Å². The maximum absolute atomic E-state index is 12.2. The van der Waals surface area contributed by atoms with E-state index in [9.17, 15) is 8.42 Å². The van der Waals surface area contributed by atoms with E-state index in [4.69, 9.17) is 11.6 Å². The third-order valence-electron chi connectivity index (χ3n) is 3.92. The van der Waals surface area contributed by atoms with E-state index in [0.29, 0.717) is 16.2 Å². The van der Waals surface area contributed by atoms with Gasteiger partial charge in [0, 0.05) is 6.04 Å². The Kier molecular flexibility index (Phi) is 5.57. The Labute approximate surface area is 150 Å². The predicted octanol–water partition coefficient (Wildman–Crippen LogP) is 4.13. The lowest BCUT2D eigenvalue weighted by molar-refractivity contribution is 0.602. The fourth-order valence-electron chi connectivity index (χ4n) is 2.73. The molecule has 24 heavy (non-hydrogen) atoms. The van der Waals surface area contributed by atoms with Crippen LogP contribution in [0.4, 0.5) is 11.6 Å². The average molecular weight is 387 g/mol. The molecule has 0 spiro atoms. The van der Waals surface area contributed by atoms with Crippen LogP contribution >= 0.6 is 22.9 Å². The summed E-state index contributed by atoms with van der Waals surface area (Å²) in [4.78, 5) is 0. The number of sulfonamides is 1. The predicted molar refractivity (Wildman–Crippen MR) is 97.3 cm³/mol. The molecule has 0 unspecified atom stereocenters. The zero-order chi connectivity index (χ0) is 17.0. The van der Waals surface area contributed by atoms with Crippen molar-refractivity contribution in [3.8, 4) is 0 Å². The summed E-state index contributed by atoms with van der Waals surface area (Å²) in [6.45, 7) is 0. The van der Waals surface area contributed by atoms with Gasteiger partial charge in [0.25, 0.3) is 10.0 Å². The van der Waals surface area contributed by atoms with Crippen molar-refractivity contribution in [2.24, 2.45) is 0 Å². The minimum absolute atomic E-state index is 0.148. The van der Waals surface area contributed by atoms with E-state index in [1.807, 2.05) is 0 Å². The zero-order valence-electron chi connectivity index (χ0n) is 13.0. The van der Waals surface area contributed by atoms with Crippen molar-refractivity contribution in [1.29, 1.82) is 0 Å². The molecule has 0 aliphatic heterocycles. The normalized spacial score (nSPS) is 16.5. The monoisotopic (exact) mass is 386 g/mol. The van der Waals surface area contributed by atoms with E-state index < -0.39 is 10.0 Å². The van der Waals surface area contributed by atoms with Crippen LogP contribution in [-0.4, -0.2) is 24.7 Å². The van der Waals surface area contributed by atoms with Crippen LogP contribution < -0.4 is 10.0 Å². The molecule has 2 aromatic rings. The first-order chi connectivity index (χ1) is 11.5. The standard InChI is InChI=1S/C15H19ClN4O2S2/c16-12-7-10-15(23-12)24(21,22)20-14-9-8-13(18-19-14)17-11-5-3-1-2-4-6-11/h7-11H,1-6H2,(H,17,18)(H,19,20). The third kappa shape index (κ3) is 4.58. The summed E-state index contributed by atoms with van der Waals surface area (Å²) in [7, 11) is -3.68. The molecule has 9 heteroatoms. The molecule has 0 atom stereocenters. The Hall–Kier alpha value is -1.38. The largest absolute Gasteiger partial charge is 0.366 e. The van der Waals surface area contributed by atoms with Crippen molar-refractivity contribution in [3.05, 3.63) is 28.6 Å². The molecule has 0 saturated heterocycles. The highest BCUT2D eigenvalue weighted by Crippen LogP contribution is 2.27. The lowest BCUT2D eigenvalue weighted by Gasteiger charge is -2.16. The number of thiophene rings is 1. The molecule has 1 aliphatic rings. The van der Waals surface area contributed by atoms with Crippen molar-refractivity contribution in [2.75, 3.05) is 10.0 Å². The van der Waals surface area contributed by atoms with Gasteiger partial charge in [-0.25, -0.2) is 8.42 Å². The zero-order valence-corrected chi connectivity index (χ0v) is 15.4. The average Bonchev–Trinajstić information content (AvgIpc) is 2.84. The molecule has 130 valence electrons. The summed E-state index contributed by atoms with van der Waals surface area (Å²) >= 11 is 6.78. The summed E-state index contributed by atoms with van der Waals surface area (Å²) < 4.78 is 27.4. The molecule has 0 bridgehead atoms. The van der Waals surface area contributed by atoms with Crippen LogP contribution in [0.1, 0.15) is 38.5 Å². The van der Waals surface area contributed by atoms with E-state index in [-0.39, 0.29) is 10.0 Å². The van der Waals surface area contributed by atoms with Crippen LogP contribution in [0.15, 0.2) is 28.5 Å². The van der Waals surface area contributed by atoms with Gasteiger partial charge in [-0.3, -0.25) is 4.72 Å². The van der Waals surface area contributed by atoms with Gasteiger partial charge in [-0.1, -0.05) is 37.3 Å². The number of hydrogen-bond acceptors (Lipinski definition) is 6. The minimum Gasteiger partial charge on any atom is -0.366 e. The van der Waals surface area contributed by atoms with Gasteiger partial charge in [-0.15, -0.1) is 21.5 Å². The molecule has 1 aliphatic carbocycles. The van der Waals surface area contributed by atoms with Crippen LogP contribution in [0.25, 0.3) is 0 Å². The number of hydrogen-bond donors (Lipinski definition) is 2. The Morgan fingerprint density at radius 1 is 1.00 bits per heavy atom. The Morgan fingerprint density at radius 2 is 1.67 bits per heavy atom. The van der Waals surface area contributed by atoms with Crippen LogP contribution in [-0.2, 0) is 10.0 Å². The molecule has 3 rings (SSSR count). The van der Waals surface area contributed by atoms with E-state index >= 15 is 0 Å². The van der Waals surface area contributed by atoms with Crippen LogP contribution in [0.2, 0.25) is 4.34 Å². The quantitative estimate of drug-likeness (QED) is 0.755. The van der Waals surface area contributed by atoms with E-state index in [1.54, 1.807) is 18.2 Å². The van der Waals surface area contributed by atoms with Gasteiger partial charge in [0.15, 0.2) is 5.82 Å². The van der Waals surface area contributed by atoms with Crippen molar-refractivity contribution in [1.82, 2.24) is 10.2 Å². The Balaban J connectivity index is 1.64. The van der Waals surface area contributed by atoms with Crippen molar-refractivity contribution >= 4 is 44.6 Å². The highest BCUT2D eigenvalue weighted by molar-refractivity contribution is 7.94. The van der Waals surface area contributed by atoms with Gasteiger partial charge >= 0.3 is 0 Å². The first-order valence-electron chi connectivity index (χ1n) is 7.91. The molecule has 1 saturated carbocycles. The summed E-state index contributed by atoms with van der Waals surface area (Å²) in [5.74, 6) is 0.856. The fraction of sp³-hybridized carbons (Fsp3) is 0.467. The number of aromatic nitrogens is 2. The van der Waals surface area contributed by atoms with Crippen LogP contribution in [0.5, 0.6) is 0 Å². The molecular weight excluding hydrogens is 368 g/mol. The highest BCUT2D eigenvalue weighted by atomic mass is 35.5. The second-order valence-corrected chi connectivity index (χ2v) is 9.43. The Morgan fingerprint density at radius 3 is 2.25 bits per heavy atom. The summed E-state index contributed by atoms with van der Waals surface area (Å²) in [6, 6.07) is 6.78. The van der Waals surface area contributed by atoms with Gasteiger partial charge in [-0.05, 0) is 37.1 Å². The van der Waals surface area contributed by atoms with Gasteiger partial charge in [0.2, 0.25) is 0 Å². The Bertz CT molecular complexity index is 769. The van der Waals surface area contributed by atoms with Gasteiger partial charge in [0.1, 0.15) is 10.0 Å². The van der Waals surface area contributed by atoms with Gasteiger partial charge in [-0.2, -0.15) is 0 Å². The summed E-state index contributed by atoms with van der Waals surface area (Å²) in [5.41, 5.74) is 0. The number of halogens is 1. The molecular formula is C15H19ClN4O2S2. The molecule has 0 aromatic carbocycles. The lowest BCUT2D eigenvalue weighted by atomic mass is 10.1. The van der Waals surface area contributed by atoms with Gasteiger partial charge in [0.05, 0.1) is 4.34 Å². The number of anilines is 2. The molecule has 2 aromatic heterocycles. The molecule has 1 fully saturated rings. The molecule has 0 amide bonds. The van der Waals surface area contributed by atoms with Crippen LogP contribution in [0, 0.1) is 0 Å². The first kappa shape index (κ1) is 17.4. The first-order valence-corrected chi connectivity index (χ1v) is 10.6. The van der Waals surface area contributed by atoms with Crippen LogP contribution in [0.3, 0.4) is 0 Å². The van der Waals surface area contributed by atoms with E-state index in [1.165, 1.54) is 31.7 Å². The molecule has 6 nitrogen and oxygen atoms in total. The molecule has 2 N–H and O–H groups in total. The van der Waals surface area contributed by atoms with Gasteiger partial charge < -0.3 is 5.32 Å². The number of nitrogens with zero attached hydrogens (tertiary/aromatic N) is 2. The van der Waals surface area contributed by atoms with Crippen molar-refractivity contribution in [2.45, 2.75) is 48.8 Å². The topological polar surface area (TPSA) is 84.0 Å². The third-order valence-corrected chi connectivity index (χ3v) is 7.00. The van der Waals surface area contributed by atoms with E-state index in [0.717, 1.165) is 24.2 Å². The fourth-order valence-corrected chi connectivity index (χ4v) is 5.21. The minimum atomic E-state index is -3.68. The highest BCUT2D eigenvalue weighted by Gasteiger charge is 2.18. The number of nitrogens with one attached hydrogen (secondary N) is 2. The second-order valence-electron chi connectivity index (χ2n) is 5.80. The number of rotatable bonds is 5. The maximum Gasteiger partial charge on any atom is 0.272 e.